The first kappa shape index (κ1) is 22.8. The second kappa shape index (κ2) is 9.79. The Labute approximate surface area is 217 Å². The minimum Gasteiger partial charge on any atom is -0.360 e. The van der Waals surface area contributed by atoms with Gasteiger partial charge in [0.05, 0.1) is 16.9 Å². The van der Waals surface area contributed by atoms with Crippen LogP contribution >= 0.6 is 11.3 Å². The van der Waals surface area contributed by atoms with Gasteiger partial charge in [0.25, 0.3) is 5.56 Å². The molecule has 0 saturated carbocycles. The molecule has 37 heavy (non-hydrogen) atoms. The van der Waals surface area contributed by atoms with Crippen LogP contribution in [0.5, 0.6) is 0 Å². The standard InChI is InChI=1S/C30H23N5OS/c1-20(34-28-27-29(32-18-31-28)37-19-33-27)25-17-23-12-8-11-22(16-15-21-9-4-2-5-10-21)26(23)30(36)35(25)24-13-6-3-7-14-24/h2-20H,1H3,(H,31,32,34)/b16-15+/t20-/m0/s1. The fraction of sp³-hybridized carbons (Fsp3) is 0.0667. The molecule has 0 aliphatic heterocycles. The van der Waals surface area contributed by atoms with Crippen LogP contribution in [0.4, 0.5) is 5.82 Å². The smallest absolute Gasteiger partial charge is 0.263 e. The fourth-order valence-corrected chi connectivity index (χ4v) is 5.17. The molecule has 3 heterocycles. The van der Waals surface area contributed by atoms with Crippen molar-refractivity contribution in [3.8, 4) is 5.69 Å². The van der Waals surface area contributed by atoms with Crippen LogP contribution in [0.1, 0.15) is 29.8 Å². The summed E-state index contributed by atoms with van der Waals surface area (Å²) >= 11 is 1.47. The summed E-state index contributed by atoms with van der Waals surface area (Å²) in [5.74, 6) is 0.644. The lowest BCUT2D eigenvalue weighted by Crippen LogP contribution is -2.26. The van der Waals surface area contributed by atoms with Crippen molar-refractivity contribution in [2.24, 2.45) is 0 Å². The number of anilines is 1. The molecule has 1 atom stereocenters. The van der Waals surface area contributed by atoms with E-state index in [2.05, 4.69) is 26.3 Å². The zero-order chi connectivity index (χ0) is 25.2. The Balaban J connectivity index is 1.51. The van der Waals surface area contributed by atoms with Crippen molar-refractivity contribution < 1.29 is 0 Å². The third kappa shape index (κ3) is 4.41. The van der Waals surface area contributed by atoms with E-state index in [0.717, 1.165) is 38.2 Å². The molecular formula is C30H23N5OS. The van der Waals surface area contributed by atoms with Crippen molar-refractivity contribution >= 4 is 50.4 Å². The Kier molecular flexibility index (Phi) is 6.04. The van der Waals surface area contributed by atoms with E-state index in [9.17, 15) is 4.79 Å². The number of para-hydroxylation sites is 1. The van der Waals surface area contributed by atoms with Crippen LogP contribution in [0.25, 0.3) is 39.0 Å². The number of nitrogens with one attached hydrogen (secondary N) is 1. The summed E-state index contributed by atoms with van der Waals surface area (Å²) in [6.45, 7) is 2.03. The van der Waals surface area contributed by atoms with Crippen LogP contribution in [0.2, 0.25) is 0 Å². The van der Waals surface area contributed by atoms with Crippen molar-refractivity contribution in [1.29, 1.82) is 0 Å². The largest absolute Gasteiger partial charge is 0.360 e. The molecule has 6 rings (SSSR count). The molecule has 0 aliphatic rings. The van der Waals surface area contributed by atoms with E-state index in [4.69, 9.17) is 0 Å². The fourth-order valence-electron chi connectivity index (χ4n) is 4.54. The number of pyridine rings is 1. The lowest BCUT2D eigenvalue weighted by atomic mass is 10.0. The quantitative estimate of drug-likeness (QED) is 0.256. The van der Waals surface area contributed by atoms with Gasteiger partial charge < -0.3 is 5.32 Å². The SMILES string of the molecule is C[C@H](Nc1ncnc2scnc12)c1cc2cccc(/C=C/c3ccccc3)c2c(=O)n1-c1ccccc1. The van der Waals surface area contributed by atoms with Gasteiger partial charge in [0.1, 0.15) is 16.7 Å². The molecule has 3 aromatic heterocycles. The molecule has 0 bridgehead atoms. The Morgan fingerprint density at radius 3 is 2.49 bits per heavy atom. The third-order valence-electron chi connectivity index (χ3n) is 6.31. The maximum atomic E-state index is 14.2. The molecule has 6 aromatic rings. The molecule has 0 unspecified atom stereocenters. The average Bonchev–Trinajstić information content (AvgIpc) is 3.43. The highest BCUT2D eigenvalue weighted by atomic mass is 32.1. The Morgan fingerprint density at radius 2 is 1.68 bits per heavy atom. The first-order valence-electron chi connectivity index (χ1n) is 12.0. The summed E-state index contributed by atoms with van der Waals surface area (Å²) < 4.78 is 1.79. The monoisotopic (exact) mass is 501 g/mol. The summed E-state index contributed by atoms with van der Waals surface area (Å²) in [6.07, 6.45) is 5.58. The van der Waals surface area contributed by atoms with Crippen molar-refractivity contribution in [2.75, 3.05) is 5.32 Å². The zero-order valence-electron chi connectivity index (χ0n) is 20.1. The normalized spacial score (nSPS) is 12.4. The Bertz CT molecular complexity index is 1790. The Morgan fingerprint density at radius 1 is 0.892 bits per heavy atom. The molecule has 7 heteroatoms. The Hall–Kier alpha value is -4.62. The second-order valence-corrected chi connectivity index (χ2v) is 9.53. The first-order valence-corrected chi connectivity index (χ1v) is 12.8. The molecule has 0 spiro atoms. The minimum atomic E-state index is -0.236. The minimum absolute atomic E-state index is 0.0674. The van der Waals surface area contributed by atoms with Crippen LogP contribution in [0.15, 0.2) is 102 Å². The van der Waals surface area contributed by atoms with Crippen LogP contribution in [-0.4, -0.2) is 19.5 Å². The van der Waals surface area contributed by atoms with Gasteiger partial charge >= 0.3 is 0 Å². The molecule has 3 aromatic carbocycles. The number of hydrogen-bond acceptors (Lipinski definition) is 6. The lowest BCUT2D eigenvalue weighted by molar-refractivity contribution is 0.774. The van der Waals surface area contributed by atoms with Crippen LogP contribution in [0.3, 0.4) is 0 Å². The van der Waals surface area contributed by atoms with E-state index in [0.29, 0.717) is 11.2 Å². The first-order chi connectivity index (χ1) is 18.2. The van der Waals surface area contributed by atoms with Crippen molar-refractivity contribution in [3.63, 3.8) is 0 Å². The van der Waals surface area contributed by atoms with E-state index >= 15 is 0 Å². The summed E-state index contributed by atoms with van der Waals surface area (Å²) in [7, 11) is 0. The van der Waals surface area contributed by atoms with Gasteiger partial charge in [-0.1, -0.05) is 78.9 Å². The predicted octanol–water partition coefficient (Wildman–Crippen LogP) is 6.73. The highest BCUT2D eigenvalue weighted by Crippen LogP contribution is 2.28. The van der Waals surface area contributed by atoms with E-state index in [1.807, 2.05) is 97.9 Å². The van der Waals surface area contributed by atoms with Gasteiger partial charge in [0, 0.05) is 11.4 Å². The van der Waals surface area contributed by atoms with Gasteiger partial charge in [0.15, 0.2) is 5.82 Å². The van der Waals surface area contributed by atoms with E-state index < -0.39 is 0 Å². The third-order valence-corrected chi connectivity index (χ3v) is 7.04. The number of hydrogen-bond donors (Lipinski definition) is 1. The highest BCUT2D eigenvalue weighted by Gasteiger charge is 2.19. The molecule has 0 amide bonds. The molecule has 6 nitrogen and oxygen atoms in total. The van der Waals surface area contributed by atoms with Crippen molar-refractivity contribution in [1.82, 2.24) is 19.5 Å². The lowest BCUT2D eigenvalue weighted by Gasteiger charge is -2.22. The highest BCUT2D eigenvalue weighted by molar-refractivity contribution is 7.16. The summed E-state index contributed by atoms with van der Waals surface area (Å²) in [5, 5.41) is 5.04. The van der Waals surface area contributed by atoms with E-state index in [1.165, 1.54) is 17.7 Å². The van der Waals surface area contributed by atoms with Crippen LogP contribution in [0, 0.1) is 0 Å². The number of benzene rings is 3. The van der Waals surface area contributed by atoms with Gasteiger partial charge in [-0.15, -0.1) is 11.3 Å². The van der Waals surface area contributed by atoms with Gasteiger partial charge in [0.2, 0.25) is 0 Å². The molecule has 0 fully saturated rings. The summed E-state index contributed by atoms with van der Waals surface area (Å²) in [5.41, 5.74) is 6.01. The van der Waals surface area contributed by atoms with Gasteiger partial charge in [-0.25, -0.2) is 15.0 Å². The molecule has 0 saturated heterocycles. The maximum absolute atomic E-state index is 14.2. The predicted molar refractivity (Wildman–Crippen MR) is 152 cm³/mol. The number of thiazole rings is 1. The zero-order valence-corrected chi connectivity index (χ0v) is 20.9. The second-order valence-electron chi connectivity index (χ2n) is 8.70. The van der Waals surface area contributed by atoms with E-state index in [-0.39, 0.29) is 11.6 Å². The van der Waals surface area contributed by atoms with Gasteiger partial charge in [-0.05, 0) is 41.6 Å². The molecule has 180 valence electrons. The molecule has 0 aliphatic carbocycles. The number of aromatic nitrogens is 4. The van der Waals surface area contributed by atoms with Crippen molar-refractivity contribution in [2.45, 2.75) is 13.0 Å². The number of nitrogens with zero attached hydrogens (tertiary/aromatic N) is 4. The molecule has 0 radical (unpaired) electrons. The van der Waals surface area contributed by atoms with Crippen LogP contribution < -0.4 is 10.9 Å². The van der Waals surface area contributed by atoms with Crippen LogP contribution in [-0.2, 0) is 0 Å². The molecule has 1 N–H and O–H groups in total. The van der Waals surface area contributed by atoms with Gasteiger partial charge in [-0.3, -0.25) is 9.36 Å². The van der Waals surface area contributed by atoms with Gasteiger partial charge in [-0.2, -0.15) is 0 Å². The maximum Gasteiger partial charge on any atom is 0.263 e. The average molecular weight is 502 g/mol. The summed E-state index contributed by atoms with van der Waals surface area (Å²) in [6, 6.07) is 27.6. The summed E-state index contributed by atoms with van der Waals surface area (Å²) in [4.78, 5) is 28.1. The topological polar surface area (TPSA) is 72.7 Å². The van der Waals surface area contributed by atoms with E-state index in [1.54, 1.807) is 10.1 Å². The number of fused-ring (bicyclic) bond motifs is 2. The molecular weight excluding hydrogens is 478 g/mol. The number of rotatable bonds is 6. The van der Waals surface area contributed by atoms with Crippen molar-refractivity contribution in [3.05, 3.63) is 124 Å².